The highest BCUT2D eigenvalue weighted by molar-refractivity contribution is 6.35. The van der Waals surface area contributed by atoms with Gasteiger partial charge in [0.15, 0.2) is 17.5 Å². The van der Waals surface area contributed by atoms with Crippen LogP contribution in [0, 0.1) is 5.82 Å². The molecule has 1 saturated carbocycles. The number of aliphatic hydroxyl groups is 3. The molecule has 1 aliphatic rings. The topological polar surface area (TPSA) is 151 Å². The number of aliphatic hydroxyl groups excluding tert-OH is 3. The molecule has 4 rings (SSSR count). The maximum absolute atomic E-state index is 13.3. The lowest BCUT2D eigenvalue weighted by molar-refractivity contribution is 0.203. The Labute approximate surface area is 194 Å². The molecular weight excluding hydrogens is 453 g/mol. The summed E-state index contributed by atoms with van der Waals surface area (Å²) < 4.78 is 13.3. The SMILES string of the molecule is OCC(CO)Nc1nc(N[C@@H](CO)c2ccc(F)cc2)nc(Nc2cc(C3CC3)[nH]n2)c1Cl. The molecule has 33 heavy (non-hydrogen) atoms. The predicted molar refractivity (Wildman–Crippen MR) is 122 cm³/mol. The van der Waals surface area contributed by atoms with Crippen molar-refractivity contribution in [2.45, 2.75) is 30.8 Å². The lowest BCUT2D eigenvalue weighted by Gasteiger charge is -2.20. The summed E-state index contributed by atoms with van der Waals surface area (Å²) in [5, 5.41) is 45.1. The Hall–Kier alpha value is -2.99. The van der Waals surface area contributed by atoms with E-state index in [4.69, 9.17) is 11.6 Å². The van der Waals surface area contributed by atoms with E-state index in [0.29, 0.717) is 17.3 Å². The first kappa shape index (κ1) is 23.2. The van der Waals surface area contributed by atoms with E-state index < -0.39 is 12.1 Å². The van der Waals surface area contributed by atoms with Gasteiger partial charge in [-0.2, -0.15) is 15.1 Å². The Morgan fingerprint density at radius 2 is 1.73 bits per heavy atom. The van der Waals surface area contributed by atoms with Crippen LogP contribution in [0.2, 0.25) is 5.02 Å². The average Bonchev–Trinajstić information content (AvgIpc) is 3.57. The van der Waals surface area contributed by atoms with Crippen molar-refractivity contribution in [3.63, 3.8) is 0 Å². The van der Waals surface area contributed by atoms with Gasteiger partial charge in [-0.05, 0) is 30.5 Å². The fourth-order valence-electron chi connectivity index (χ4n) is 3.24. The number of nitrogens with zero attached hydrogens (tertiary/aromatic N) is 3. The molecule has 176 valence electrons. The van der Waals surface area contributed by atoms with Crippen molar-refractivity contribution in [3.05, 3.63) is 52.4 Å². The van der Waals surface area contributed by atoms with E-state index in [1.165, 1.54) is 12.1 Å². The molecular formula is C21H25ClFN7O3. The van der Waals surface area contributed by atoms with Crippen molar-refractivity contribution >= 4 is 35.0 Å². The molecule has 0 amide bonds. The Kier molecular flexibility index (Phi) is 7.23. The van der Waals surface area contributed by atoms with Gasteiger partial charge in [-0.15, -0.1) is 0 Å². The third-order valence-corrected chi connectivity index (χ3v) is 5.61. The monoisotopic (exact) mass is 477 g/mol. The van der Waals surface area contributed by atoms with E-state index >= 15 is 0 Å². The summed E-state index contributed by atoms with van der Waals surface area (Å²) in [6.07, 6.45) is 2.24. The number of benzene rings is 1. The largest absolute Gasteiger partial charge is 0.394 e. The van der Waals surface area contributed by atoms with Gasteiger partial charge in [0.05, 0.1) is 31.9 Å². The molecule has 1 aliphatic carbocycles. The lowest BCUT2D eigenvalue weighted by atomic mass is 10.1. The second-order valence-corrected chi connectivity index (χ2v) is 8.18. The van der Waals surface area contributed by atoms with E-state index in [-0.39, 0.29) is 48.2 Å². The Morgan fingerprint density at radius 3 is 2.36 bits per heavy atom. The molecule has 1 aromatic carbocycles. The number of rotatable bonds is 11. The zero-order valence-electron chi connectivity index (χ0n) is 17.6. The van der Waals surface area contributed by atoms with Crippen molar-refractivity contribution in [1.29, 1.82) is 0 Å². The number of halogens is 2. The Bertz CT molecular complexity index is 1070. The average molecular weight is 478 g/mol. The van der Waals surface area contributed by atoms with Crippen molar-refractivity contribution in [2.24, 2.45) is 0 Å². The highest BCUT2D eigenvalue weighted by Crippen LogP contribution is 2.40. The number of anilines is 4. The summed E-state index contributed by atoms with van der Waals surface area (Å²) in [6.45, 7) is -0.994. The van der Waals surface area contributed by atoms with Gasteiger partial charge in [-0.25, -0.2) is 4.39 Å². The quantitative estimate of drug-likeness (QED) is 0.221. The summed E-state index contributed by atoms with van der Waals surface area (Å²) in [6, 6.07) is 6.26. The molecule has 7 N–H and O–H groups in total. The Balaban J connectivity index is 1.63. The van der Waals surface area contributed by atoms with E-state index in [9.17, 15) is 19.7 Å². The zero-order chi connectivity index (χ0) is 23.4. The van der Waals surface area contributed by atoms with Gasteiger partial charge in [0, 0.05) is 17.7 Å². The first-order chi connectivity index (χ1) is 16.0. The molecule has 3 aromatic rings. The van der Waals surface area contributed by atoms with Gasteiger partial charge in [-0.1, -0.05) is 23.7 Å². The summed E-state index contributed by atoms with van der Waals surface area (Å²) in [5.74, 6) is 1.13. The maximum Gasteiger partial charge on any atom is 0.227 e. The zero-order valence-corrected chi connectivity index (χ0v) is 18.3. The molecule has 0 saturated heterocycles. The number of hydrogen-bond acceptors (Lipinski definition) is 9. The molecule has 10 nitrogen and oxygen atoms in total. The fraction of sp³-hybridized carbons (Fsp3) is 0.381. The standard InChI is InChI=1S/C21H25ClFN7O3/c22-18-19(24-14(8-31)9-32)27-21(25-16(10-33)12-3-5-13(23)6-4-12)28-20(18)26-17-7-15(29-30-17)11-1-2-11/h3-7,11,14,16,31-33H,1-2,8-10H2,(H4,24,25,26,27,28,29,30)/t16-/m0/s1. The molecule has 2 aromatic heterocycles. The van der Waals surface area contributed by atoms with E-state index in [2.05, 4.69) is 36.1 Å². The third-order valence-electron chi connectivity index (χ3n) is 5.25. The fourth-order valence-corrected chi connectivity index (χ4v) is 3.43. The molecule has 0 bridgehead atoms. The number of aromatic amines is 1. The van der Waals surface area contributed by atoms with Crippen LogP contribution in [-0.2, 0) is 0 Å². The molecule has 2 heterocycles. The van der Waals surface area contributed by atoms with Crippen LogP contribution < -0.4 is 16.0 Å². The maximum atomic E-state index is 13.3. The number of aromatic nitrogens is 4. The van der Waals surface area contributed by atoms with Gasteiger partial charge >= 0.3 is 0 Å². The highest BCUT2D eigenvalue weighted by atomic mass is 35.5. The summed E-state index contributed by atoms with van der Waals surface area (Å²) in [5.41, 5.74) is 1.66. The molecule has 0 radical (unpaired) electrons. The minimum absolute atomic E-state index is 0.111. The smallest absolute Gasteiger partial charge is 0.227 e. The summed E-state index contributed by atoms with van der Waals surface area (Å²) in [7, 11) is 0. The summed E-state index contributed by atoms with van der Waals surface area (Å²) >= 11 is 6.51. The molecule has 12 heteroatoms. The van der Waals surface area contributed by atoms with Crippen LogP contribution in [0.3, 0.4) is 0 Å². The van der Waals surface area contributed by atoms with Crippen LogP contribution in [0.25, 0.3) is 0 Å². The normalized spacial score (nSPS) is 14.4. The van der Waals surface area contributed by atoms with Crippen molar-refractivity contribution < 1.29 is 19.7 Å². The number of nitrogens with one attached hydrogen (secondary N) is 4. The van der Waals surface area contributed by atoms with Crippen LogP contribution in [0.4, 0.5) is 27.8 Å². The third kappa shape index (κ3) is 5.69. The highest BCUT2D eigenvalue weighted by Gasteiger charge is 2.26. The molecule has 1 fully saturated rings. The van der Waals surface area contributed by atoms with Crippen LogP contribution in [0.15, 0.2) is 30.3 Å². The first-order valence-corrected chi connectivity index (χ1v) is 10.9. The van der Waals surface area contributed by atoms with E-state index in [0.717, 1.165) is 18.5 Å². The minimum Gasteiger partial charge on any atom is -0.394 e. The van der Waals surface area contributed by atoms with Crippen molar-refractivity contribution in [1.82, 2.24) is 20.2 Å². The number of hydrogen-bond donors (Lipinski definition) is 7. The van der Waals surface area contributed by atoms with Crippen LogP contribution in [0.5, 0.6) is 0 Å². The number of H-pyrrole nitrogens is 1. The van der Waals surface area contributed by atoms with Crippen LogP contribution in [-0.4, -0.2) is 61.3 Å². The van der Waals surface area contributed by atoms with Crippen LogP contribution >= 0.6 is 11.6 Å². The Morgan fingerprint density at radius 1 is 1.03 bits per heavy atom. The molecule has 0 aliphatic heterocycles. The van der Waals surface area contributed by atoms with Gasteiger partial charge in [0.2, 0.25) is 5.95 Å². The van der Waals surface area contributed by atoms with Crippen molar-refractivity contribution in [2.75, 3.05) is 35.8 Å². The lowest BCUT2D eigenvalue weighted by Crippen LogP contribution is -2.28. The minimum atomic E-state index is -0.698. The predicted octanol–water partition coefficient (Wildman–Crippen LogP) is 2.52. The van der Waals surface area contributed by atoms with Gasteiger partial charge in [0.1, 0.15) is 10.8 Å². The van der Waals surface area contributed by atoms with Gasteiger partial charge in [-0.3, -0.25) is 5.10 Å². The molecule has 0 unspecified atom stereocenters. The van der Waals surface area contributed by atoms with Gasteiger partial charge < -0.3 is 31.3 Å². The second-order valence-electron chi connectivity index (χ2n) is 7.80. The van der Waals surface area contributed by atoms with Crippen molar-refractivity contribution in [3.8, 4) is 0 Å². The molecule has 0 spiro atoms. The second kappa shape index (κ2) is 10.3. The first-order valence-electron chi connectivity index (χ1n) is 10.5. The molecule has 1 atom stereocenters. The van der Waals surface area contributed by atoms with E-state index in [1.807, 2.05) is 6.07 Å². The van der Waals surface area contributed by atoms with E-state index in [1.54, 1.807) is 12.1 Å². The van der Waals surface area contributed by atoms with Gasteiger partial charge in [0.25, 0.3) is 0 Å². The van der Waals surface area contributed by atoms with Crippen LogP contribution in [0.1, 0.15) is 36.1 Å². The summed E-state index contributed by atoms with van der Waals surface area (Å²) in [4.78, 5) is 8.76.